The van der Waals surface area contributed by atoms with E-state index in [-0.39, 0.29) is 25.8 Å². The molecular weight excluding hydrogens is 685 g/mol. The quantitative estimate of drug-likeness (QED) is 0.0217. The number of carbonyl (C=O) groups excluding carboxylic acids is 1. The van der Waals surface area contributed by atoms with Gasteiger partial charge in [0.25, 0.3) is 0 Å². The van der Waals surface area contributed by atoms with Crippen molar-refractivity contribution in [2.75, 3.05) is 54.1 Å². The summed E-state index contributed by atoms with van der Waals surface area (Å²) in [5, 5.41) is 0. The van der Waals surface area contributed by atoms with E-state index in [0.717, 1.165) is 57.8 Å². The summed E-state index contributed by atoms with van der Waals surface area (Å²) in [4.78, 5) is 22.9. The predicted octanol–water partition coefficient (Wildman–Crippen LogP) is 12.8. The number of phosphoric ester groups is 1. The molecule has 0 amide bonds. The predicted molar refractivity (Wildman–Crippen MR) is 224 cm³/mol. The first-order chi connectivity index (χ1) is 25.6. The average Bonchev–Trinajstić information content (AvgIpc) is 3.11. The highest BCUT2D eigenvalue weighted by atomic mass is 31.2. The summed E-state index contributed by atoms with van der Waals surface area (Å²) in [5.74, 6) is -0.325. The van der Waals surface area contributed by atoms with Gasteiger partial charge in [0.05, 0.1) is 34.4 Å². The third kappa shape index (κ3) is 42.0. The number of hydrogen-bond acceptors (Lipinski definition) is 6. The van der Waals surface area contributed by atoms with Crippen molar-refractivity contribution in [1.82, 2.24) is 0 Å². The highest BCUT2D eigenvalue weighted by molar-refractivity contribution is 7.47. The molecule has 0 heterocycles. The normalized spacial score (nSPS) is 14.0. The molecule has 0 aromatic heterocycles. The molecule has 0 fully saturated rings. The Hall–Kier alpha value is -1.02. The summed E-state index contributed by atoms with van der Waals surface area (Å²) >= 11 is 0. The molecule has 0 saturated carbocycles. The molecular formula is C44H87NO7P+. The Morgan fingerprint density at radius 3 is 1.57 bits per heavy atom. The minimum Gasteiger partial charge on any atom is -0.457 e. The molecule has 0 aromatic rings. The van der Waals surface area contributed by atoms with E-state index in [1.165, 1.54) is 116 Å². The SMILES string of the molecule is CCCCC/C=C\C/C=C\CCCCCCCC(=O)OC(COCCCCCCCCCCCCCCCCCC)COP(=O)(O)OCC[N+](C)(C)C. The highest BCUT2D eigenvalue weighted by Gasteiger charge is 2.26. The molecule has 0 aliphatic heterocycles. The number of unbranched alkanes of at least 4 members (excludes halogenated alkanes) is 23. The zero-order valence-electron chi connectivity index (χ0n) is 35.5. The number of ether oxygens (including phenoxy) is 2. The summed E-state index contributed by atoms with van der Waals surface area (Å²) in [6, 6.07) is 0. The lowest BCUT2D eigenvalue weighted by molar-refractivity contribution is -0.870. The molecule has 0 spiro atoms. The van der Waals surface area contributed by atoms with Crippen LogP contribution in [0.1, 0.15) is 194 Å². The maximum Gasteiger partial charge on any atom is 0.472 e. The maximum absolute atomic E-state index is 12.7. The molecule has 8 nitrogen and oxygen atoms in total. The fourth-order valence-electron chi connectivity index (χ4n) is 6.05. The largest absolute Gasteiger partial charge is 0.472 e. The van der Waals surface area contributed by atoms with Crippen molar-refractivity contribution in [2.45, 2.75) is 200 Å². The number of carbonyl (C=O) groups is 1. The van der Waals surface area contributed by atoms with Crippen molar-refractivity contribution in [3.05, 3.63) is 24.3 Å². The van der Waals surface area contributed by atoms with Crippen LogP contribution in [0.25, 0.3) is 0 Å². The van der Waals surface area contributed by atoms with Crippen LogP contribution in [-0.4, -0.2) is 75.6 Å². The van der Waals surface area contributed by atoms with Crippen LogP contribution >= 0.6 is 7.82 Å². The minimum atomic E-state index is -4.27. The second-order valence-electron chi connectivity index (χ2n) is 16.1. The molecule has 0 aliphatic rings. The number of quaternary nitrogens is 1. The van der Waals surface area contributed by atoms with E-state index < -0.39 is 13.9 Å². The van der Waals surface area contributed by atoms with Gasteiger partial charge in [-0.15, -0.1) is 0 Å². The summed E-state index contributed by atoms with van der Waals surface area (Å²) in [7, 11) is 1.66. The van der Waals surface area contributed by atoms with Crippen LogP contribution in [0.5, 0.6) is 0 Å². The van der Waals surface area contributed by atoms with Crippen LogP contribution in [0.3, 0.4) is 0 Å². The fraction of sp³-hybridized carbons (Fsp3) is 0.886. The first-order valence-electron chi connectivity index (χ1n) is 22.1. The summed E-state index contributed by atoms with van der Waals surface area (Å²) in [6.45, 7) is 5.61. The molecule has 0 rings (SSSR count). The van der Waals surface area contributed by atoms with Gasteiger partial charge in [0.1, 0.15) is 19.3 Å². The van der Waals surface area contributed by atoms with Gasteiger partial charge in [-0.25, -0.2) is 4.57 Å². The maximum atomic E-state index is 12.7. The van der Waals surface area contributed by atoms with Gasteiger partial charge >= 0.3 is 13.8 Å². The van der Waals surface area contributed by atoms with Gasteiger partial charge in [0.15, 0.2) is 0 Å². The Bertz CT molecular complexity index is 905. The van der Waals surface area contributed by atoms with E-state index in [2.05, 4.69) is 38.2 Å². The van der Waals surface area contributed by atoms with Crippen LogP contribution in [0.4, 0.5) is 0 Å². The van der Waals surface area contributed by atoms with E-state index in [1.807, 2.05) is 21.1 Å². The molecule has 314 valence electrons. The van der Waals surface area contributed by atoms with Crippen molar-refractivity contribution < 1.29 is 37.3 Å². The number of phosphoric acid groups is 1. The topological polar surface area (TPSA) is 91.3 Å². The highest BCUT2D eigenvalue weighted by Crippen LogP contribution is 2.43. The Kier molecular flexibility index (Phi) is 37.2. The van der Waals surface area contributed by atoms with Crippen LogP contribution < -0.4 is 0 Å². The van der Waals surface area contributed by atoms with Crippen molar-refractivity contribution in [3.63, 3.8) is 0 Å². The number of rotatable bonds is 41. The molecule has 2 unspecified atom stereocenters. The minimum absolute atomic E-state index is 0.0876. The van der Waals surface area contributed by atoms with Gasteiger partial charge < -0.3 is 18.9 Å². The van der Waals surface area contributed by atoms with Gasteiger partial charge in [0.2, 0.25) is 0 Å². The lowest BCUT2D eigenvalue weighted by Gasteiger charge is -2.24. The van der Waals surface area contributed by atoms with Crippen molar-refractivity contribution in [3.8, 4) is 0 Å². The van der Waals surface area contributed by atoms with Crippen LogP contribution in [0.15, 0.2) is 24.3 Å². The van der Waals surface area contributed by atoms with Crippen molar-refractivity contribution >= 4 is 13.8 Å². The average molecular weight is 773 g/mol. The molecule has 1 N–H and O–H groups in total. The number of likely N-dealkylation sites (N-methyl/N-ethyl adjacent to an activating group) is 1. The standard InChI is InChI=1S/C44H86NO7P/c1-6-8-10-12-14-16-18-20-22-24-26-28-30-32-34-36-39-49-41-43(42-51-53(47,48)50-40-38-45(3,4)5)52-44(46)37-35-33-31-29-27-25-23-21-19-17-15-13-11-9-7-2/h15,17,21,23,43H,6-14,16,18-20,22,24-42H2,1-5H3/p+1/b17-15-,23-21-. The van der Waals surface area contributed by atoms with E-state index >= 15 is 0 Å². The Morgan fingerprint density at radius 2 is 1.04 bits per heavy atom. The monoisotopic (exact) mass is 773 g/mol. The van der Waals surface area contributed by atoms with Gasteiger partial charge in [-0.2, -0.15) is 0 Å². The zero-order valence-corrected chi connectivity index (χ0v) is 36.4. The van der Waals surface area contributed by atoms with Crippen LogP contribution in [-0.2, 0) is 27.9 Å². The molecule has 2 atom stereocenters. The van der Waals surface area contributed by atoms with Gasteiger partial charge in [-0.3, -0.25) is 13.8 Å². The molecule has 0 aliphatic carbocycles. The molecule has 0 saturated heterocycles. The summed E-state index contributed by atoms with van der Waals surface area (Å²) < 4.78 is 35.0. The molecule has 0 radical (unpaired) electrons. The summed E-state index contributed by atoms with van der Waals surface area (Å²) in [6.07, 6.45) is 42.0. The smallest absolute Gasteiger partial charge is 0.457 e. The van der Waals surface area contributed by atoms with Gasteiger partial charge in [-0.1, -0.05) is 167 Å². The molecule has 0 bridgehead atoms. The van der Waals surface area contributed by atoms with Gasteiger partial charge in [-0.05, 0) is 44.9 Å². The van der Waals surface area contributed by atoms with E-state index in [1.54, 1.807) is 0 Å². The van der Waals surface area contributed by atoms with E-state index in [0.29, 0.717) is 24.1 Å². The lowest BCUT2D eigenvalue weighted by Crippen LogP contribution is -2.37. The number of hydrogen-bond donors (Lipinski definition) is 1. The number of allylic oxidation sites excluding steroid dienone is 4. The van der Waals surface area contributed by atoms with Crippen LogP contribution in [0, 0.1) is 0 Å². The Morgan fingerprint density at radius 1 is 0.585 bits per heavy atom. The Labute approximate surface area is 328 Å². The van der Waals surface area contributed by atoms with Gasteiger partial charge in [0, 0.05) is 13.0 Å². The molecule has 53 heavy (non-hydrogen) atoms. The van der Waals surface area contributed by atoms with Crippen LogP contribution in [0.2, 0.25) is 0 Å². The Balaban J connectivity index is 4.23. The number of nitrogens with zero attached hydrogens (tertiary/aromatic N) is 1. The second-order valence-corrected chi connectivity index (χ2v) is 17.5. The van der Waals surface area contributed by atoms with E-state index in [9.17, 15) is 14.3 Å². The second kappa shape index (κ2) is 37.9. The van der Waals surface area contributed by atoms with E-state index in [4.69, 9.17) is 18.5 Å². The lowest BCUT2D eigenvalue weighted by atomic mass is 10.0. The zero-order chi connectivity index (χ0) is 39.1. The van der Waals surface area contributed by atoms with Crippen molar-refractivity contribution in [1.29, 1.82) is 0 Å². The molecule has 0 aromatic carbocycles. The molecule has 9 heteroatoms. The third-order valence-electron chi connectivity index (χ3n) is 9.52. The first kappa shape index (κ1) is 52.0. The van der Waals surface area contributed by atoms with Crippen molar-refractivity contribution in [2.24, 2.45) is 0 Å². The fourth-order valence-corrected chi connectivity index (χ4v) is 6.79. The summed E-state index contributed by atoms with van der Waals surface area (Å²) in [5.41, 5.74) is 0. The number of esters is 1. The first-order valence-corrected chi connectivity index (χ1v) is 23.6. The third-order valence-corrected chi connectivity index (χ3v) is 10.5.